The number of unbranched alkanes of at least 4 members (excludes halogenated alkanes) is 22. The van der Waals surface area contributed by atoms with E-state index in [9.17, 15) is 14.4 Å². The van der Waals surface area contributed by atoms with Crippen LogP contribution in [0.4, 0.5) is 0 Å². The monoisotopic (exact) mass is 751 g/mol. The van der Waals surface area contributed by atoms with Gasteiger partial charge in [-0.1, -0.05) is 208 Å². The lowest BCUT2D eigenvalue weighted by molar-refractivity contribution is -0.167. The zero-order chi connectivity index (χ0) is 39.2. The summed E-state index contributed by atoms with van der Waals surface area (Å²) in [7, 11) is 0. The first-order valence-corrected chi connectivity index (χ1v) is 23.1. The second-order valence-corrected chi connectivity index (χ2v) is 17.2. The van der Waals surface area contributed by atoms with Crippen LogP contribution in [-0.4, -0.2) is 37.2 Å². The number of ether oxygens (including phenoxy) is 3. The Bertz CT molecular complexity index is 824. The van der Waals surface area contributed by atoms with Crippen LogP contribution in [0.15, 0.2) is 0 Å². The molecular weight excluding hydrogens is 661 g/mol. The second-order valence-electron chi connectivity index (χ2n) is 17.2. The summed E-state index contributed by atoms with van der Waals surface area (Å²) < 4.78 is 16.7. The lowest BCUT2D eigenvalue weighted by Gasteiger charge is -2.18. The van der Waals surface area contributed by atoms with Crippen molar-refractivity contribution in [2.45, 2.75) is 253 Å². The van der Waals surface area contributed by atoms with Crippen molar-refractivity contribution in [3.8, 4) is 0 Å². The minimum absolute atomic E-state index is 0.0666. The van der Waals surface area contributed by atoms with Crippen LogP contribution in [0.1, 0.15) is 247 Å². The molecule has 0 saturated heterocycles. The Kier molecular flexibility index (Phi) is 37.5. The first-order valence-electron chi connectivity index (χ1n) is 23.1. The van der Waals surface area contributed by atoms with Gasteiger partial charge in [-0.3, -0.25) is 14.4 Å². The normalized spacial score (nSPS) is 12.7. The molecule has 0 aliphatic heterocycles. The maximum absolute atomic E-state index is 12.7. The molecule has 1 unspecified atom stereocenters. The summed E-state index contributed by atoms with van der Waals surface area (Å²) >= 11 is 0. The SMILES string of the molecule is CCC(C)CCCCCCCCCCC(=O)O[C@H](COC(=O)CCCCCCCCCCCC(C)C)COC(=O)CCCCCCCCCCC(C)C. The van der Waals surface area contributed by atoms with Gasteiger partial charge < -0.3 is 14.2 Å². The van der Waals surface area contributed by atoms with E-state index in [1.807, 2.05) is 0 Å². The smallest absolute Gasteiger partial charge is 0.306 e. The molecular formula is C47H90O6. The minimum Gasteiger partial charge on any atom is -0.462 e. The van der Waals surface area contributed by atoms with E-state index in [1.54, 1.807) is 0 Å². The highest BCUT2D eigenvalue weighted by Gasteiger charge is 2.19. The highest BCUT2D eigenvalue weighted by molar-refractivity contribution is 5.71. The number of esters is 3. The fourth-order valence-electron chi connectivity index (χ4n) is 6.85. The summed E-state index contributed by atoms with van der Waals surface area (Å²) in [5.74, 6) is 1.59. The lowest BCUT2D eigenvalue weighted by Crippen LogP contribution is -2.30. The van der Waals surface area contributed by atoms with Crippen LogP contribution in [-0.2, 0) is 28.6 Å². The van der Waals surface area contributed by atoms with Crippen molar-refractivity contribution < 1.29 is 28.6 Å². The van der Waals surface area contributed by atoms with Crippen LogP contribution in [0.5, 0.6) is 0 Å². The Labute approximate surface area is 329 Å². The standard InChI is InChI=1S/C47H90O6/c1-7-43(6)35-29-23-17-12-14-20-26-32-38-47(50)53-44(40-52-46(49)37-31-25-19-13-11-16-22-28-34-42(4)5)39-51-45(48)36-30-24-18-10-8-9-15-21-27-33-41(2)3/h41-44H,7-40H2,1-6H3/t43?,44-/m1/s1. The van der Waals surface area contributed by atoms with E-state index in [2.05, 4.69) is 41.5 Å². The van der Waals surface area contributed by atoms with E-state index in [1.165, 1.54) is 128 Å². The molecule has 6 heteroatoms. The molecule has 0 amide bonds. The molecule has 6 nitrogen and oxygen atoms in total. The van der Waals surface area contributed by atoms with Crippen molar-refractivity contribution in [1.29, 1.82) is 0 Å². The summed E-state index contributed by atoms with van der Waals surface area (Å²) in [6.07, 6.45) is 35.2. The fourth-order valence-corrected chi connectivity index (χ4v) is 6.85. The van der Waals surface area contributed by atoms with Gasteiger partial charge in [0.15, 0.2) is 6.10 Å². The summed E-state index contributed by atoms with van der Waals surface area (Å²) in [4.78, 5) is 37.7. The van der Waals surface area contributed by atoms with E-state index in [-0.39, 0.29) is 31.1 Å². The molecule has 0 aromatic heterocycles. The number of carbonyl (C=O) groups excluding carboxylic acids is 3. The molecule has 314 valence electrons. The Morgan fingerprint density at radius 1 is 0.377 bits per heavy atom. The van der Waals surface area contributed by atoms with E-state index < -0.39 is 6.10 Å². The van der Waals surface area contributed by atoms with Crippen LogP contribution >= 0.6 is 0 Å². The Balaban J connectivity index is 4.36. The van der Waals surface area contributed by atoms with E-state index in [4.69, 9.17) is 14.2 Å². The molecule has 0 spiro atoms. The molecule has 0 rings (SSSR count). The molecule has 0 aliphatic rings. The number of hydrogen-bond donors (Lipinski definition) is 0. The molecule has 0 aliphatic carbocycles. The molecule has 0 radical (unpaired) electrons. The Morgan fingerprint density at radius 3 is 0.981 bits per heavy atom. The quantitative estimate of drug-likeness (QED) is 0.0352. The fraction of sp³-hybridized carbons (Fsp3) is 0.936. The summed E-state index contributed by atoms with van der Waals surface area (Å²) in [6, 6.07) is 0. The zero-order valence-electron chi connectivity index (χ0n) is 36.3. The topological polar surface area (TPSA) is 78.9 Å². The Hall–Kier alpha value is -1.59. The first kappa shape index (κ1) is 51.4. The number of carbonyl (C=O) groups is 3. The molecule has 0 N–H and O–H groups in total. The van der Waals surface area contributed by atoms with Gasteiger partial charge in [0.25, 0.3) is 0 Å². The second kappa shape index (κ2) is 38.7. The molecule has 0 bridgehead atoms. The van der Waals surface area contributed by atoms with Gasteiger partial charge in [-0.25, -0.2) is 0 Å². The third kappa shape index (κ3) is 39.9. The van der Waals surface area contributed by atoms with Crippen molar-refractivity contribution in [1.82, 2.24) is 0 Å². The van der Waals surface area contributed by atoms with Crippen molar-refractivity contribution in [2.75, 3.05) is 13.2 Å². The minimum atomic E-state index is -0.762. The van der Waals surface area contributed by atoms with Gasteiger partial charge in [0, 0.05) is 19.3 Å². The summed E-state index contributed by atoms with van der Waals surface area (Å²) in [6.45, 7) is 13.6. The van der Waals surface area contributed by atoms with Gasteiger partial charge in [0.05, 0.1) is 0 Å². The van der Waals surface area contributed by atoms with Crippen LogP contribution in [0.25, 0.3) is 0 Å². The van der Waals surface area contributed by atoms with Crippen LogP contribution in [0.2, 0.25) is 0 Å². The predicted molar refractivity (Wildman–Crippen MR) is 224 cm³/mol. The third-order valence-corrected chi connectivity index (χ3v) is 10.8. The van der Waals surface area contributed by atoms with Gasteiger partial charge in [-0.2, -0.15) is 0 Å². The van der Waals surface area contributed by atoms with Gasteiger partial charge in [0.1, 0.15) is 13.2 Å². The number of rotatable bonds is 40. The molecule has 0 fully saturated rings. The van der Waals surface area contributed by atoms with Gasteiger partial charge in [0.2, 0.25) is 0 Å². The van der Waals surface area contributed by atoms with E-state index >= 15 is 0 Å². The van der Waals surface area contributed by atoms with Crippen LogP contribution < -0.4 is 0 Å². The highest BCUT2D eigenvalue weighted by Crippen LogP contribution is 2.17. The maximum Gasteiger partial charge on any atom is 0.306 e. The third-order valence-electron chi connectivity index (χ3n) is 10.8. The maximum atomic E-state index is 12.7. The van der Waals surface area contributed by atoms with Gasteiger partial charge >= 0.3 is 17.9 Å². The summed E-state index contributed by atoms with van der Waals surface area (Å²) in [5, 5.41) is 0. The van der Waals surface area contributed by atoms with Crippen molar-refractivity contribution in [3.05, 3.63) is 0 Å². The molecule has 53 heavy (non-hydrogen) atoms. The van der Waals surface area contributed by atoms with Crippen molar-refractivity contribution in [3.63, 3.8) is 0 Å². The zero-order valence-corrected chi connectivity index (χ0v) is 36.3. The van der Waals surface area contributed by atoms with Crippen molar-refractivity contribution >= 4 is 17.9 Å². The molecule has 0 aromatic carbocycles. The van der Waals surface area contributed by atoms with Gasteiger partial charge in [-0.05, 0) is 37.0 Å². The number of hydrogen-bond acceptors (Lipinski definition) is 6. The molecule has 0 aromatic rings. The average Bonchev–Trinajstić information content (AvgIpc) is 3.12. The largest absolute Gasteiger partial charge is 0.462 e. The molecule has 0 heterocycles. The predicted octanol–water partition coefficient (Wildman–Crippen LogP) is 14.4. The lowest BCUT2D eigenvalue weighted by atomic mass is 9.99. The Morgan fingerprint density at radius 2 is 0.660 bits per heavy atom. The van der Waals surface area contributed by atoms with Gasteiger partial charge in [-0.15, -0.1) is 0 Å². The van der Waals surface area contributed by atoms with Crippen LogP contribution in [0, 0.1) is 17.8 Å². The first-order chi connectivity index (χ1) is 25.6. The summed E-state index contributed by atoms with van der Waals surface area (Å²) in [5.41, 5.74) is 0. The van der Waals surface area contributed by atoms with E-state index in [0.29, 0.717) is 19.3 Å². The molecule has 2 atom stereocenters. The van der Waals surface area contributed by atoms with E-state index in [0.717, 1.165) is 75.5 Å². The van der Waals surface area contributed by atoms with Crippen molar-refractivity contribution in [2.24, 2.45) is 17.8 Å². The highest BCUT2D eigenvalue weighted by atomic mass is 16.6. The average molecular weight is 751 g/mol. The van der Waals surface area contributed by atoms with Crippen LogP contribution in [0.3, 0.4) is 0 Å². The molecule has 0 saturated carbocycles.